The van der Waals surface area contributed by atoms with Crippen molar-refractivity contribution in [3.63, 3.8) is 0 Å². The van der Waals surface area contributed by atoms with E-state index in [1.807, 2.05) is 20.1 Å². The van der Waals surface area contributed by atoms with Crippen LogP contribution in [0.4, 0.5) is 0 Å². The number of aromatic nitrogens is 2. The highest BCUT2D eigenvalue weighted by atomic mass is 32.2. The highest BCUT2D eigenvalue weighted by molar-refractivity contribution is 7.98. The van der Waals surface area contributed by atoms with Crippen LogP contribution < -0.4 is 5.32 Å². The van der Waals surface area contributed by atoms with Crippen LogP contribution in [0, 0.1) is 19.3 Å². The first-order chi connectivity index (χ1) is 8.95. The van der Waals surface area contributed by atoms with Gasteiger partial charge in [-0.2, -0.15) is 0 Å². The van der Waals surface area contributed by atoms with Crippen LogP contribution in [0.5, 0.6) is 0 Å². The van der Waals surface area contributed by atoms with Gasteiger partial charge in [-0.15, -0.1) is 11.8 Å². The maximum Gasteiger partial charge on any atom is 0.255 e. The number of nitrogens with zero attached hydrogens (tertiary/aromatic N) is 2. The average molecular weight is 281 g/mol. The summed E-state index contributed by atoms with van der Waals surface area (Å²) in [6.45, 7) is 7.80. The van der Waals surface area contributed by atoms with Crippen LogP contribution >= 0.6 is 11.8 Å². The van der Waals surface area contributed by atoms with Gasteiger partial charge in [0.15, 0.2) is 0 Å². The Bertz CT molecular complexity index is 501. The third kappa shape index (κ3) is 3.06. The van der Waals surface area contributed by atoms with E-state index in [-0.39, 0.29) is 11.3 Å². The van der Waals surface area contributed by atoms with Gasteiger partial charge in [0.25, 0.3) is 5.91 Å². The van der Waals surface area contributed by atoms with Gasteiger partial charge in [0.2, 0.25) is 0 Å². The van der Waals surface area contributed by atoms with Crippen LogP contribution in [-0.4, -0.2) is 41.9 Å². The summed E-state index contributed by atoms with van der Waals surface area (Å²) in [4.78, 5) is 20.9. The minimum absolute atomic E-state index is 0.0641. The van der Waals surface area contributed by atoms with E-state index >= 15 is 0 Å². The molecule has 0 aliphatic carbocycles. The Balaban J connectivity index is 2.14. The summed E-state index contributed by atoms with van der Waals surface area (Å²) in [5.41, 5.74) is 1.38. The van der Waals surface area contributed by atoms with E-state index in [1.165, 1.54) is 11.8 Å². The smallest absolute Gasteiger partial charge is 0.255 e. The number of hydrogen-bond acceptors (Lipinski definition) is 5. The Morgan fingerprint density at radius 3 is 2.63 bits per heavy atom. The van der Waals surface area contributed by atoms with Crippen molar-refractivity contribution < 1.29 is 9.53 Å². The number of amides is 1. The van der Waals surface area contributed by atoms with E-state index in [2.05, 4.69) is 22.2 Å². The highest BCUT2D eigenvalue weighted by Gasteiger charge is 2.34. The van der Waals surface area contributed by atoms with Crippen LogP contribution in [0.3, 0.4) is 0 Å². The first-order valence-electron chi connectivity index (χ1n) is 6.20. The van der Waals surface area contributed by atoms with Gasteiger partial charge in [0.05, 0.1) is 24.5 Å². The first-order valence-corrected chi connectivity index (χ1v) is 7.43. The molecule has 0 radical (unpaired) electrons. The Morgan fingerprint density at radius 1 is 1.42 bits per heavy atom. The fourth-order valence-corrected chi connectivity index (χ4v) is 2.69. The Morgan fingerprint density at radius 2 is 2.11 bits per heavy atom. The number of aryl methyl sites for hydroxylation is 2. The SMILES string of the molecule is CSc1nc(C)nc(C)c1C(=O)NCC1(C)COC1. The van der Waals surface area contributed by atoms with E-state index in [0.29, 0.717) is 31.1 Å². The molecule has 1 aromatic rings. The van der Waals surface area contributed by atoms with E-state index < -0.39 is 0 Å². The predicted molar refractivity (Wildman–Crippen MR) is 74.5 cm³/mol. The van der Waals surface area contributed by atoms with Crippen molar-refractivity contribution in [3.8, 4) is 0 Å². The molecule has 0 saturated carbocycles. The van der Waals surface area contributed by atoms with Gasteiger partial charge in [-0.3, -0.25) is 4.79 Å². The molecule has 1 aliphatic heterocycles. The van der Waals surface area contributed by atoms with Crippen LogP contribution in [-0.2, 0) is 4.74 Å². The average Bonchev–Trinajstić information content (AvgIpc) is 2.32. The van der Waals surface area contributed by atoms with Gasteiger partial charge in [0.1, 0.15) is 10.9 Å². The minimum atomic E-state index is -0.102. The lowest BCUT2D eigenvalue weighted by Crippen LogP contribution is -2.48. The lowest BCUT2D eigenvalue weighted by atomic mass is 9.88. The third-order valence-corrected chi connectivity index (χ3v) is 3.85. The molecule has 1 N–H and O–H groups in total. The van der Waals surface area contributed by atoms with Gasteiger partial charge in [0, 0.05) is 12.0 Å². The topological polar surface area (TPSA) is 64.1 Å². The van der Waals surface area contributed by atoms with Gasteiger partial charge in [-0.1, -0.05) is 6.92 Å². The van der Waals surface area contributed by atoms with Gasteiger partial charge in [-0.05, 0) is 20.1 Å². The molecule has 1 amide bonds. The van der Waals surface area contributed by atoms with Crippen molar-refractivity contribution in [2.24, 2.45) is 5.41 Å². The van der Waals surface area contributed by atoms with Crippen LogP contribution in [0.25, 0.3) is 0 Å². The van der Waals surface area contributed by atoms with Crippen molar-refractivity contribution in [1.29, 1.82) is 0 Å². The van der Waals surface area contributed by atoms with Crippen molar-refractivity contribution in [2.45, 2.75) is 25.8 Å². The molecule has 0 unspecified atom stereocenters. The minimum Gasteiger partial charge on any atom is -0.380 e. The van der Waals surface area contributed by atoms with Crippen molar-refractivity contribution in [3.05, 3.63) is 17.1 Å². The standard InChI is InChI=1S/C13H19N3O2S/c1-8-10(12(19-4)16-9(2)15-8)11(17)14-5-13(3)6-18-7-13/h5-7H2,1-4H3,(H,14,17). The molecule has 6 heteroatoms. The molecule has 19 heavy (non-hydrogen) atoms. The van der Waals surface area contributed by atoms with E-state index in [0.717, 1.165) is 10.7 Å². The van der Waals surface area contributed by atoms with Crippen LogP contribution in [0.2, 0.25) is 0 Å². The van der Waals surface area contributed by atoms with E-state index in [9.17, 15) is 4.79 Å². The summed E-state index contributed by atoms with van der Waals surface area (Å²) in [5, 5.41) is 3.70. The molecule has 2 heterocycles. The largest absolute Gasteiger partial charge is 0.380 e. The second-order valence-electron chi connectivity index (χ2n) is 5.23. The Kier molecular flexibility index (Phi) is 4.10. The zero-order valence-corrected chi connectivity index (χ0v) is 12.6. The number of rotatable bonds is 4. The molecule has 104 valence electrons. The van der Waals surface area contributed by atoms with Crippen molar-refractivity contribution >= 4 is 17.7 Å². The third-order valence-electron chi connectivity index (χ3n) is 3.17. The number of nitrogens with one attached hydrogen (secondary N) is 1. The summed E-state index contributed by atoms with van der Waals surface area (Å²) in [6, 6.07) is 0. The fourth-order valence-electron chi connectivity index (χ4n) is 2.02. The highest BCUT2D eigenvalue weighted by Crippen LogP contribution is 2.26. The quantitative estimate of drug-likeness (QED) is 0.670. The number of thioether (sulfide) groups is 1. The van der Waals surface area contributed by atoms with Crippen molar-refractivity contribution in [1.82, 2.24) is 15.3 Å². The molecule has 0 spiro atoms. The summed E-state index contributed by atoms with van der Waals surface area (Å²) in [7, 11) is 0. The van der Waals surface area contributed by atoms with Crippen LogP contribution in [0.1, 0.15) is 28.8 Å². The maximum atomic E-state index is 12.3. The van der Waals surface area contributed by atoms with Gasteiger partial charge < -0.3 is 10.1 Å². The normalized spacial score (nSPS) is 16.8. The summed E-state index contributed by atoms with van der Waals surface area (Å²) < 4.78 is 5.18. The van der Waals surface area contributed by atoms with Crippen LogP contribution in [0.15, 0.2) is 5.03 Å². The molecule has 1 aromatic heterocycles. The maximum absolute atomic E-state index is 12.3. The first kappa shape index (κ1) is 14.3. The second-order valence-corrected chi connectivity index (χ2v) is 6.02. The summed E-state index contributed by atoms with van der Waals surface area (Å²) in [5.74, 6) is 0.590. The van der Waals surface area contributed by atoms with Gasteiger partial charge >= 0.3 is 0 Å². The molecule has 5 nitrogen and oxygen atoms in total. The van der Waals surface area contributed by atoms with E-state index in [1.54, 1.807) is 0 Å². The number of carbonyl (C=O) groups is 1. The fraction of sp³-hybridized carbons (Fsp3) is 0.615. The number of hydrogen-bond donors (Lipinski definition) is 1. The number of carbonyl (C=O) groups excluding carboxylic acids is 1. The monoisotopic (exact) mass is 281 g/mol. The predicted octanol–water partition coefficient (Wildman–Crippen LogP) is 1.58. The molecular weight excluding hydrogens is 262 g/mol. The molecule has 1 aliphatic rings. The zero-order chi connectivity index (χ0) is 14.0. The molecule has 2 rings (SSSR count). The summed E-state index contributed by atoms with van der Waals surface area (Å²) >= 11 is 1.47. The van der Waals surface area contributed by atoms with Gasteiger partial charge in [-0.25, -0.2) is 9.97 Å². The second kappa shape index (κ2) is 5.46. The molecule has 0 aromatic carbocycles. The molecule has 0 atom stereocenters. The molecular formula is C13H19N3O2S. The Hall–Kier alpha value is -1.14. The molecule has 1 fully saturated rings. The number of ether oxygens (including phenoxy) is 1. The summed E-state index contributed by atoms with van der Waals surface area (Å²) in [6.07, 6.45) is 1.92. The molecule has 0 bridgehead atoms. The zero-order valence-electron chi connectivity index (χ0n) is 11.7. The molecule has 1 saturated heterocycles. The Labute approximate surface area is 117 Å². The lowest BCUT2D eigenvalue weighted by Gasteiger charge is -2.38. The van der Waals surface area contributed by atoms with Crippen molar-refractivity contribution in [2.75, 3.05) is 26.0 Å². The van der Waals surface area contributed by atoms with E-state index in [4.69, 9.17) is 4.74 Å². The lowest BCUT2D eigenvalue weighted by molar-refractivity contribution is -0.0978.